The van der Waals surface area contributed by atoms with Crippen LogP contribution in [0, 0.1) is 0 Å². The molecule has 0 radical (unpaired) electrons. The van der Waals surface area contributed by atoms with E-state index in [1.54, 1.807) is 13.0 Å². The van der Waals surface area contributed by atoms with Crippen LogP contribution in [0.25, 0.3) is 11.4 Å². The van der Waals surface area contributed by atoms with E-state index in [2.05, 4.69) is 9.97 Å². The molecule has 0 aliphatic heterocycles. The van der Waals surface area contributed by atoms with Crippen LogP contribution in [0.1, 0.15) is 6.92 Å². The highest BCUT2D eigenvalue weighted by Gasteiger charge is 2.21. The molecule has 0 fully saturated rings. The van der Waals surface area contributed by atoms with Crippen LogP contribution in [-0.2, 0) is 4.74 Å². The molecule has 2 aromatic rings. The van der Waals surface area contributed by atoms with Crippen molar-refractivity contribution in [1.82, 2.24) is 9.97 Å². The summed E-state index contributed by atoms with van der Waals surface area (Å²) < 4.78 is 4.92. The van der Waals surface area contributed by atoms with Crippen molar-refractivity contribution in [2.45, 2.75) is 6.92 Å². The van der Waals surface area contributed by atoms with Crippen LogP contribution in [0.2, 0.25) is 0 Å². The number of amides is 1. The molecule has 0 unspecified atom stereocenters. The molecule has 1 heterocycles. The lowest BCUT2D eigenvalue weighted by molar-refractivity contribution is 0.163. The highest BCUT2D eigenvalue weighted by molar-refractivity contribution is 7.80. The van der Waals surface area contributed by atoms with Crippen LogP contribution in [0.4, 0.5) is 10.6 Å². The minimum Gasteiger partial charge on any atom is -0.449 e. The van der Waals surface area contributed by atoms with Gasteiger partial charge in [0, 0.05) is 17.8 Å². The molecular weight excluding hydrogens is 288 g/mol. The third-order valence-corrected chi connectivity index (χ3v) is 2.76. The highest BCUT2D eigenvalue weighted by Crippen LogP contribution is 2.18. The van der Waals surface area contributed by atoms with Gasteiger partial charge in [0.15, 0.2) is 10.9 Å². The van der Waals surface area contributed by atoms with Crippen molar-refractivity contribution in [3.8, 4) is 11.4 Å². The summed E-state index contributed by atoms with van der Waals surface area (Å²) in [6, 6.07) is 10.9. The number of aromatic nitrogens is 2. The molecule has 0 saturated carbocycles. The summed E-state index contributed by atoms with van der Waals surface area (Å²) in [7, 11) is 0. The molecule has 0 spiro atoms. The Kier molecular flexibility index (Phi) is 4.78. The van der Waals surface area contributed by atoms with E-state index >= 15 is 0 Å². The Hall–Kier alpha value is -2.54. The molecule has 7 heteroatoms. The van der Waals surface area contributed by atoms with Gasteiger partial charge in [-0.3, -0.25) is 0 Å². The number of ether oxygens (including phenoxy) is 1. The Morgan fingerprint density at radius 1 is 1.33 bits per heavy atom. The summed E-state index contributed by atoms with van der Waals surface area (Å²) in [5.41, 5.74) is 6.41. The van der Waals surface area contributed by atoms with E-state index in [0.29, 0.717) is 5.82 Å². The molecule has 21 heavy (non-hydrogen) atoms. The van der Waals surface area contributed by atoms with Crippen molar-refractivity contribution in [3.63, 3.8) is 0 Å². The first-order valence-electron chi connectivity index (χ1n) is 6.28. The molecule has 0 aliphatic carbocycles. The fraction of sp³-hybridized carbons (Fsp3) is 0.143. The summed E-state index contributed by atoms with van der Waals surface area (Å²) in [4.78, 5) is 21.4. The number of carbonyl (C=O) groups excluding carboxylic acids is 1. The predicted octanol–water partition coefficient (Wildman–Crippen LogP) is 2.35. The first-order chi connectivity index (χ1) is 10.1. The lowest BCUT2D eigenvalue weighted by atomic mass is 10.2. The largest absolute Gasteiger partial charge is 0.449 e. The first kappa shape index (κ1) is 14.9. The number of thiocarbonyl (C=S) groups is 1. The molecule has 1 amide bonds. The van der Waals surface area contributed by atoms with Crippen LogP contribution in [-0.4, -0.2) is 27.8 Å². The van der Waals surface area contributed by atoms with E-state index in [1.165, 1.54) is 6.20 Å². The molecular formula is C14H14N4O2S. The molecule has 1 aromatic carbocycles. The van der Waals surface area contributed by atoms with Crippen molar-refractivity contribution < 1.29 is 9.53 Å². The van der Waals surface area contributed by atoms with Crippen molar-refractivity contribution >= 4 is 29.2 Å². The second-order valence-corrected chi connectivity index (χ2v) is 4.40. The van der Waals surface area contributed by atoms with Gasteiger partial charge in [-0.05, 0) is 19.1 Å². The van der Waals surface area contributed by atoms with E-state index in [4.69, 9.17) is 22.7 Å². The third-order valence-electron chi connectivity index (χ3n) is 2.57. The van der Waals surface area contributed by atoms with Crippen molar-refractivity contribution in [1.29, 1.82) is 0 Å². The maximum absolute atomic E-state index is 11.9. The molecule has 0 atom stereocenters. The predicted molar refractivity (Wildman–Crippen MR) is 83.8 cm³/mol. The van der Waals surface area contributed by atoms with Crippen LogP contribution in [0.15, 0.2) is 42.6 Å². The van der Waals surface area contributed by atoms with Gasteiger partial charge in [-0.25, -0.2) is 19.7 Å². The Morgan fingerprint density at radius 2 is 2.05 bits per heavy atom. The monoisotopic (exact) mass is 302 g/mol. The zero-order valence-electron chi connectivity index (χ0n) is 11.4. The number of anilines is 1. The molecule has 6 nitrogen and oxygen atoms in total. The SMILES string of the molecule is CCOC(=O)N(C(N)=S)c1ccnc(-c2ccccc2)n1. The van der Waals surface area contributed by atoms with Gasteiger partial charge in [-0.2, -0.15) is 0 Å². The van der Waals surface area contributed by atoms with Crippen LogP contribution in [0.3, 0.4) is 0 Å². The maximum Gasteiger partial charge on any atom is 0.422 e. The van der Waals surface area contributed by atoms with E-state index in [9.17, 15) is 4.79 Å². The van der Waals surface area contributed by atoms with Crippen LogP contribution >= 0.6 is 12.2 Å². The Labute approximate surface area is 127 Å². The average molecular weight is 302 g/mol. The average Bonchev–Trinajstić information content (AvgIpc) is 2.48. The summed E-state index contributed by atoms with van der Waals surface area (Å²) in [5.74, 6) is 0.744. The van der Waals surface area contributed by atoms with Crippen LogP contribution < -0.4 is 10.6 Å². The van der Waals surface area contributed by atoms with E-state index < -0.39 is 6.09 Å². The van der Waals surface area contributed by atoms with E-state index in [-0.39, 0.29) is 17.5 Å². The number of hydrogen-bond acceptors (Lipinski definition) is 5. The lowest BCUT2D eigenvalue weighted by Crippen LogP contribution is -2.41. The number of nitrogens with two attached hydrogens (primary N) is 1. The van der Waals surface area contributed by atoms with Gasteiger partial charge in [0.05, 0.1) is 6.61 Å². The summed E-state index contributed by atoms with van der Waals surface area (Å²) in [6.07, 6.45) is 0.873. The van der Waals surface area contributed by atoms with E-state index in [0.717, 1.165) is 10.5 Å². The Balaban J connectivity index is 2.39. The minimum absolute atomic E-state index is 0.133. The highest BCUT2D eigenvalue weighted by atomic mass is 32.1. The summed E-state index contributed by atoms with van der Waals surface area (Å²) in [6.45, 7) is 1.92. The van der Waals surface area contributed by atoms with Crippen molar-refractivity contribution in [2.24, 2.45) is 5.73 Å². The zero-order chi connectivity index (χ0) is 15.2. The zero-order valence-corrected chi connectivity index (χ0v) is 12.2. The van der Waals surface area contributed by atoms with Crippen molar-refractivity contribution in [2.75, 3.05) is 11.5 Å². The fourth-order valence-corrected chi connectivity index (χ4v) is 1.85. The molecule has 0 bridgehead atoms. The first-order valence-corrected chi connectivity index (χ1v) is 6.69. The third kappa shape index (κ3) is 3.51. The van der Waals surface area contributed by atoms with Gasteiger partial charge in [0.1, 0.15) is 5.82 Å². The lowest BCUT2D eigenvalue weighted by Gasteiger charge is -2.19. The number of benzene rings is 1. The fourth-order valence-electron chi connectivity index (χ4n) is 1.68. The molecule has 0 saturated heterocycles. The van der Waals surface area contributed by atoms with Crippen molar-refractivity contribution in [3.05, 3.63) is 42.6 Å². The van der Waals surface area contributed by atoms with Gasteiger partial charge < -0.3 is 10.5 Å². The molecule has 2 N–H and O–H groups in total. The van der Waals surface area contributed by atoms with Gasteiger partial charge >= 0.3 is 6.09 Å². The standard InChI is InChI=1S/C14H14N4O2S/c1-2-20-14(19)18(13(15)21)11-8-9-16-12(17-11)10-6-4-3-5-7-10/h3-9H,2H2,1H3,(H2,15,21). The second-order valence-electron chi connectivity index (χ2n) is 3.98. The molecule has 2 rings (SSSR count). The Morgan fingerprint density at radius 3 is 2.67 bits per heavy atom. The van der Waals surface area contributed by atoms with Gasteiger partial charge in [0.2, 0.25) is 0 Å². The smallest absolute Gasteiger partial charge is 0.422 e. The molecule has 108 valence electrons. The Bertz CT molecular complexity index is 648. The van der Waals surface area contributed by atoms with Gasteiger partial charge in [0.25, 0.3) is 0 Å². The topological polar surface area (TPSA) is 81.3 Å². The van der Waals surface area contributed by atoms with Gasteiger partial charge in [-0.15, -0.1) is 0 Å². The maximum atomic E-state index is 11.9. The minimum atomic E-state index is -0.664. The summed E-state index contributed by atoms with van der Waals surface area (Å²) >= 11 is 4.89. The van der Waals surface area contributed by atoms with Crippen LogP contribution in [0.5, 0.6) is 0 Å². The molecule has 1 aromatic heterocycles. The normalized spacial score (nSPS) is 9.95. The summed E-state index contributed by atoms with van der Waals surface area (Å²) in [5, 5.41) is -0.133. The number of nitrogens with zero attached hydrogens (tertiary/aromatic N) is 3. The second kappa shape index (κ2) is 6.76. The number of carbonyl (C=O) groups is 1. The number of rotatable bonds is 3. The molecule has 0 aliphatic rings. The number of hydrogen-bond donors (Lipinski definition) is 1. The van der Waals surface area contributed by atoms with Gasteiger partial charge in [-0.1, -0.05) is 30.3 Å². The van der Waals surface area contributed by atoms with E-state index in [1.807, 2.05) is 30.3 Å². The quantitative estimate of drug-likeness (QED) is 0.876.